The van der Waals surface area contributed by atoms with Gasteiger partial charge in [0.2, 0.25) is 6.33 Å². The lowest BCUT2D eigenvalue weighted by molar-refractivity contribution is -0.692. The van der Waals surface area contributed by atoms with Crippen LogP contribution in [0.4, 0.5) is 0 Å². The summed E-state index contributed by atoms with van der Waals surface area (Å²) in [6, 6.07) is 0. The number of aryl methyl sites for hydroxylation is 1. The molecule has 0 atom stereocenters. The summed E-state index contributed by atoms with van der Waals surface area (Å²) in [4.78, 5) is 11.8. The smallest absolute Gasteiger partial charge is 0.241 e. The molecule has 0 bridgehead atoms. The van der Waals surface area contributed by atoms with Crippen LogP contribution < -0.4 is 9.67 Å². The summed E-state index contributed by atoms with van der Waals surface area (Å²) in [6.07, 6.45) is 5.84. The minimum atomic E-state index is -1.08. The second-order valence-electron chi connectivity index (χ2n) is 1.93. The third-order valence-corrected chi connectivity index (χ3v) is 0.968. The maximum atomic E-state index is 8.89. The minimum absolute atomic E-state index is 0.972. The zero-order chi connectivity index (χ0) is 10.7. The van der Waals surface area contributed by atoms with Crippen molar-refractivity contribution in [3.05, 3.63) is 31.9 Å². The third-order valence-electron chi connectivity index (χ3n) is 0.968. The molecule has 0 radical (unpaired) electrons. The van der Waals surface area contributed by atoms with Crippen LogP contribution in [0.1, 0.15) is 13.8 Å². The van der Waals surface area contributed by atoms with Gasteiger partial charge in [0.1, 0.15) is 12.4 Å². The van der Waals surface area contributed by atoms with E-state index in [2.05, 4.69) is 29.6 Å². The third kappa shape index (κ3) is 13.4. The Morgan fingerprint density at radius 2 is 2.08 bits per heavy atom. The number of aromatic amines is 1. The molecule has 1 N–H and O–H groups in total. The zero-order valence-corrected chi connectivity index (χ0v) is 8.12. The van der Waals surface area contributed by atoms with Gasteiger partial charge in [0.25, 0.3) is 0 Å². The lowest BCUT2D eigenvalue weighted by Gasteiger charge is -1.79. The summed E-state index contributed by atoms with van der Waals surface area (Å²) in [6.45, 7) is 10.1. The monoisotopic (exact) mass is 184 g/mol. The number of H-pyrrole nitrogens is 1. The summed E-state index contributed by atoms with van der Waals surface area (Å²) >= 11 is 0. The molecular weight excluding hydrogens is 168 g/mol. The molecule has 0 aromatic carbocycles. The van der Waals surface area contributed by atoms with Crippen molar-refractivity contribution in [2.75, 3.05) is 0 Å². The van der Waals surface area contributed by atoms with E-state index in [-0.39, 0.29) is 0 Å². The molecule has 0 aliphatic carbocycles. The van der Waals surface area contributed by atoms with E-state index in [1.807, 2.05) is 18.7 Å². The Morgan fingerprint density at radius 3 is 2.23 bits per heavy atom. The maximum Gasteiger partial charge on any atom is 0.241 e. The molecule has 0 aliphatic rings. The number of hydrogen-bond donors (Lipinski definition) is 1. The fraction of sp³-hybridized carbons (Fsp3) is 0.333. The first-order valence-electron chi connectivity index (χ1n) is 3.86. The average molecular weight is 184 g/mol. The number of carboxylic acids is 1. The van der Waals surface area contributed by atoms with Crippen LogP contribution in [-0.4, -0.2) is 11.0 Å². The van der Waals surface area contributed by atoms with Gasteiger partial charge in [-0.05, 0) is 13.8 Å². The van der Waals surface area contributed by atoms with Crippen molar-refractivity contribution in [1.29, 1.82) is 0 Å². The van der Waals surface area contributed by atoms with Crippen molar-refractivity contribution in [3.8, 4) is 0 Å². The topological polar surface area (TPSA) is 59.8 Å². The minimum Gasteiger partial charge on any atom is -0.550 e. The highest BCUT2D eigenvalue weighted by molar-refractivity contribution is 5.60. The first-order chi connectivity index (χ1) is 6.16. The number of aliphatic carboxylic acids is 1. The maximum absolute atomic E-state index is 8.89. The molecule has 74 valence electrons. The quantitative estimate of drug-likeness (QED) is 0.488. The normalized spacial score (nSPS) is 7.23. The SMILES string of the molecule is C=C.CC(=O)[O-].CC[n+]1cc[nH]c1. The summed E-state index contributed by atoms with van der Waals surface area (Å²) < 4.78 is 2.07. The van der Waals surface area contributed by atoms with E-state index in [0.29, 0.717) is 0 Å². The Balaban J connectivity index is 0. The standard InChI is InChI=1S/C5H8N2.C2H4O2.C2H4/c1-2-7-4-3-6-5-7;1-2(3)4;1-2/h3-5H,2H2,1H3;1H3,(H,3,4);1-2H2. The Bertz CT molecular complexity index is 203. The first kappa shape index (κ1) is 14.0. The Hall–Kier alpha value is -1.58. The van der Waals surface area contributed by atoms with Crippen molar-refractivity contribution in [3.63, 3.8) is 0 Å². The molecule has 0 unspecified atom stereocenters. The zero-order valence-electron chi connectivity index (χ0n) is 8.12. The number of carbonyl (C=O) groups is 1. The van der Waals surface area contributed by atoms with E-state index < -0.39 is 5.97 Å². The van der Waals surface area contributed by atoms with Gasteiger partial charge < -0.3 is 9.90 Å². The van der Waals surface area contributed by atoms with E-state index in [4.69, 9.17) is 9.90 Å². The van der Waals surface area contributed by atoms with Gasteiger partial charge in [0, 0.05) is 5.97 Å². The number of rotatable bonds is 1. The number of hydrogen-bond acceptors (Lipinski definition) is 2. The molecular formula is C9H16N2O2. The van der Waals surface area contributed by atoms with Gasteiger partial charge in [0.15, 0.2) is 0 Å². The van der Waals surface area contributed by atoms with Gasteiger partial charge in [-0.15, -0.1) is 13.2 Å². The van der Waals surface area contributed by atoms with Crippen molar-refractivity contribution in [2.45, 2.75) is 20.4 Å². The predicted molar refractivity (Wildman–Crippen MR) is 48.6 cm³/mol. The second kappa shape index (κ2) is 10.4. The van der Waals surface area contributed by atoms with Gasteiger partial charge in [-0.3, -0.25) is 4.98 Å². The van der Waals surface area contributed by atoms with Crippen molar-refractivity contribution < 1.29 is 14.5 Å². The molecule has 4 heteroatoms. The number of carboxylic acid groups (broad SMARTS) is 1. The lowest BCUT2D eigenvalue weighted by Crippen LogP contribution is -2.27. The van der Waals surface area contributed by atoms with Crippen molar-refractivity contribution in [1.82, 2.24) is 4.98 Å². The molecule has 13 heavy (non-hydrogen) atoms. The highest BCUT2D eigenvalue weighted by Gasteiger charge is 1.85. The predicted octanol–water partition coefficient (Wildman–Crippen LogP) is -0.119. The molecule has 4 nitrogen and oxygen atoms in total. The molecule has 0 amide bonds. The molecule has 0 saturated carbocycles. The summed E-state index contributed by atoms with van der Waals surface area (Å²) in [5.74, 6) is -1.08. The van der Waals surface area contributed by atoms with Crippen LogP contribution in [0.15, 0.2) is 31.9 Å². The molecule has 0 fully saturated rings. The van der Waals surface area contributed by atoms with Crippen molar-refractivity contribution >= 4 is 5.97 Å². The average Bonchev–Trinajstić information content (AvgIpc) is 2.58. The largest absolute Gasteiger partial charge is 0.550 e. The summed E-state index contributed by atoms with van der Waals surface area (Å²) in [5, 5.41) is 8.89. The molecule has 1 aromatic heterocycles. The van der Waals surface area contributed by atoms with Gasteiger partial charge in [-0.25, -0.2) is 4.57 Å². The van der Waals surface area contributed by atoms with Gasteiger partial charge in [-0.1, -0.05) is 0 Å². The molecule has 1 rings (SSSR count). The van der Waals surface area contributed by atoms with Crippen molar-refractivity contribution in [2.24, 2.45) is 0 Å². The van der Waals surface area contributed by atoms with Gasteiger partial charge in [-0.2, -0.15) is 0 Å². The molecule has 0 aliphatic heterocycles. The summed E-state index contributed by atoms with van der Waals surface area (Å²) in [7, 11) is 0. The van der Waals surface area contributed by atoms with Gasteiger partial charge in [0.05, 0.1) is 6.54 Å². The second-order valence-corrected chi connectivity index (χ2v) is 1.93. The van der Waals surface area contributed by atoms with E-state index in [1.165, 1.54) is 0 Å². The highest BCUT2D eigenvalue weighted by atomic mass is 16.4. The number of aromatic nitrogens is 2. The Morgan fingerprint density at radius 1 is 1.62 bits per heavy atom. The van der Waals surface area contributed by atoms with Gasteiger partial charge >= 0.3 is 0 Å². The Labute approximate surface area is 78.5 Å². The first-order valence-corrected chi connectivity index (χ1v) is 3.86. The number of carbonyl (C=O) groups excluding carboxylic acids is 1. The lowest BCUT2D eigenvalue weighted by atomic mass is 10.7. The fourth-order valence-corrected chi connectivity index (χ4v) is 0.517. The highest BCUT2D eigenvalue weighted by Crippen LogP contribution is 1.65. The van der Waals surface area contributed by atoms with Crippen LogP contribution >= 0.6 is 0 Å². The van der Waals surface area contributed by atoms with Crippen LogP contribution in [0.3, 0.4) is 0 Å². The molecule has 1 aromatic rings. The van der Waals surface area contributed by atoms with Crippen LogP contribution in [-0.2, 0) is 11.3 Å². The molecule has 1 heterocycles. The van der Waals surface area contributed by atoms with E-state index in [9.17, 15) is 0 Å². The van der Waals surface area contributed by atoms with Crippen LogP contribution in [0.25, 0.3) is 0 Å². The molecule has 0 saturated heterocycles. The molecule has 0 spiro atoms. The fourth-order valence-electron chi connectivity index (χ4n) is 0.517. The van der Waals surface area contributed by atoms with E-state index in [1.54, 1.807) is 0 Å². The van der Waals surface area contributed by atoms with Crippen LogP contribution in [0.2, 0.25) is 0 Å². The van der Waals surface area contributed by atoms with E-state index >= 15 is 0 Å². The number of imidazole rings is 1. The van der Waals surface area contributed by atoms with Crippen LogP contribution in [0, 0.1) is 0 Å². The number of nitrogens with zero attached hydrogens (tertiary/aromatic N) is 1. The number of nitrogens with one attached hydrogen (secondary N) is 1. The summed E-state index contributed by atoms with van der Waals surface area (Å²) in [5.41, 5.74) is 0. The van der Waals surface area contributed by atoms with Crippen LogP contribution in [0.5, 0.6) is 0 Å². The Kier molecular flexibility index (Phi) is 11.2. The van der Waals surface area contributed by atoms with E-state index in [0.717, 1.165) is 13.5 Å².